The number of nitrogens with zero attached hydrogens (tertiary/aromatic N) is 1. The first-order valence-corrected chi connectivity index (χ1v) is 8.08. The van der Waals surface area contributed by atoms with Gasteiger partial charge in [0, 0.05) is 13.1 Å². The first-order chi connectivity index (χ1) is 12.2. The van der Waals surface area contributed by atoms with E-state index in [0.717, 1.165) is 5.56 Å². The largest absolute Gasteiger partial charge is 0.452 e. The molecule has 8 nitrogen and oxygen atoms in total. The summed E-state index contributed by atoms with van der Waals surface area (Å²) < 4.78 is 10.0. The minimum absolute atomic E-state index is 0.193. The normalized spacial score (nSPS) is 10.4. The third-order valence-electron chi connectivity index (χ3n) is 2.92. The first kappa shape index (κ1) is 21.0. The lowest BCUT2D eigenvalue weighted by Gasteiger charge is -2.19. The number of amides is 2. The maximum Gasteiger partial charge on any atom is 0.407 e. The number of benzene rings is 1. The number of hydrogen-bond donors (Lipinski definition) is 2. The molecular formula is C18H23N3O5. The summed E-state index contributed by atoms with van der Waals surface area (Å²) in [5.41, 5.74) is 0.496. The fraction of sp³-hybridized carbons (Fsp3) is 0.444. The van der Waals surface area contributed by atoms with Gasteiger partial charge in [-0.1, -0.05) is 12.1 Å². The zero-order valence-electron chi connectivity index (χ0n) is 15.1. The topological polar surface area (TPSA) is 118 Å². The zero-order chi connectivity index (χ0) is 19.6. The van der Waals surface area contributed by atoms with Gasteiger partial charge in [0.05, 0.1) is 18.1 Å². The predicted octanol–water partition coefficient (Wildman–Crippen LogP) is 1.90. The molecule has 8 heteroatoms. The molecule has 1 aromatic carbocycles. The van der Waals surface area contributed by atoms with Crippen LogP contribution in [0.5, 0.6) is 0 Å². The fourth-order valence-corrected chi connectivity index (χ4v) is 1.77. The Bertz CT molecular complexity index is 672. The lowest BCUT2D eigenvalue weighted by Crippen LogP contribution is -2.32. The van der Waals surface area contributed by atoms with Crippen molar-refractivity contribution in [1.82, 2.24) is 10.6 Å². The highest BCUT2D eigenvalue weighted by atomic mass is 16.6. The van der Waals surface area contributed by atoms with E-state index in [1.165, 1.54) is 0 Å². The molecule has 0 aliphatic heterocycles. The van der Waals surface area contributed by atoms with E-state index in [1.807, 2.05) is 6.07 Å². The van der Waals surface area contributed by atoms with Gasteiger partial charge in [-0.15, -0.1) is 0 Å². The van der Waals surface area contributed by atoms with E-state index in [2.05, 4.69) is 10.6 Å². The molecule has 0 aliphatic carbocycles. The van der Waals surface area contributed by atoms with Crippen LogP contribution in [-0.4, -0.2) is 36.7 Å². The highest BCUT2D eigenvalue weighted by Crippen LogP contribution is 2.08. The maximum atomic E-state index is 11.9. The second kappa shape index (κ2) is 10.0. The molecule has 1 aromatic rings. The van der Waals surface area contributed by atoms with E-state index in [0.29, 0.717) is 0 Å². The summed E-state index contributed by atoms with van der Waals surface area (Å²) in [7, 11) is 0. The van der Waals surface area contributed by atoms with Gasteiger partial charge in [-0.25, -0.2) is 9.59 Å². The van der Waals surface area contributed by atoms with Gasteiger partial charge < -0.3 is 20.1 Å². The number of nitriles is 1. The molecule has 0 aromatic heterocycles. The molecule has 0 saturated carbocycles. The number of hydrogen-bond acceptors (Lipinski definition) is 6. The monoisotopic (exact) mass is 361 g/mol. The molecule has 0 aliphatic rings. The predicted molar refractivity (Wildman–Crippen MR) is 93.0 cm³/mol. The Hall–Kier alpha value is -3.08. The molecule has 0 bridgehead atoms. The standard InChI is InChI=1S/C18H23N3O5/c1-18(2,3)26-17(24)21-11-13-5-7-14(8-6-13)16(23)25-12-15(22)20-10-4-9-19/h5-8H,4,10-12H2,1-3H3,(H,20,22)(H,21,24). The smallest absolute Gasteiger partial charge is 0.407 e. The van der Waals surface area contributed by atoms with E-state index in [9.17, 15) is 14.4 Å². The van der Waals surface area contributed by atoms with E-state index >= 15 is 0 Å². The molecular weight excluding hydrogens is 338 g/mol. The molecule has 140 valence electrons. The molecule has 0 atom stereocenters. The Labute approximate surface area is 152 Å². The van der Waals surface area contributed by atoms with Gasteiger partial charge in [-0.3, -0.25) is 4.79 Å². The molecule has 0 unspecified atom stereocenters. The quantitative estimate of drug-likeness (QED) is 0.566. The summed E-state index contributed by atoms with van der Waals surface area (Å²) in [6.45, 7) is 5.38. The van der Waals surface area contributed by atoms with Crippen molar-refractivity contribution in [3.63, 3.8) is 0 Å². The van der Waals surface area contributed by atoms with Crippen molar-refractivity contribution < 1.29 is 23.9 Å². The van der Waals surface area contributed by atoms with Crippen LogP contribution in [0.2, 0.25) is 0 Å². The summed E-state index contributed by atoms with van der Waals surface area (Å²) in [4.78, 5) is 34.9. The third kappa shape index (κ3) is 8.68. The van der Waals surface area contributed by atoms with Crippen LogP contribution < -0.4 is 10.6 Å². The van der Waals surface area contributed by atoms with Crippen LogP contribution in [0.4, 0.5) is 4.79 Å². The second-order valence-electron chi connectivity index (χ2n) is 6.39. The number of carbonyl (C=O) groups excluding carboxylic acids is 3. The number of esters is 1. The van der Waals surface area contributed by atoms with Crippen LogP contribution in [0.15, 0.2) is 24.3 Å². The maximum absolute atomic E-state index is 11.9. The minimum atomic E-state index is -0.632. The van der Waals surface area contributed by atoms with Crippen molar-refractivity contribution in [3.05, 3.63) is 35.4 Å². The number of nitrogens with one attached hydrogen (secondary N) is 2. The summed E-state index contributed by atoms with van der Waals surface area (Å²) in [6, 6.07) is 8.31. The Morgan fingerprint density at radius 3 is 2.35 bits per heavy atom. The molecule has 2 N–H and O–H groups in total. The molecule has 2 amide bonds. The van der Waals surface area contributed by atoms with Crippen LogP contribution in [0, 0.1) is 11.3 Å². The van der Waals surface area contributed by atoms with Crippen LogP contribution in [-0.2, 0) is 20.8 Å². The Morgan fingerprint density at radius 2 is 1.77 bits per heavy atom. The molecule has 0 fully saturated rings. The van der Waals surface area contributed by atoms with E-state index in [1.54, 1.807) is 45.0 Å². The summed E-state index contributed by atoms with van der Waals surface area (Å²) in [5, 5.41) is 13.4. The van der Waals surface area contributed by atoms with Gasteiger partial charge in [0.15, 0.2) is 6.61 Å². The SMILES string of the molecule is CC(C)(C)OC(=O)NCc1ccc(C(=O)OCC(=O)NCCC#N)cc1. The Kier molecular flexibility index (Phi) is 8.09. The van der Waals surface area contributed by atoms with Crippen molar-refractivity contribution in [2.24, 2.45) is 0 Å². The van der Waals surface area contributed by atoms with E-state index in [-0.39, 0.29) is 25.1 Å². The molecule has 0 saturated heterocycles. The third-order valence-corrected chi connectivity index (χ3v) is 2.92. The highest BCUT2D eigenvalue weighted by molar-refractivity contribution is 5.91. The van der Waals surface area contributed by atoms with Crippen molar-refractivity contribution in [1.29, 1.82) is 5.26 Å². The van der Waals surface area contributed by atoms with Crippen molar-refractivity contribution in [2.75, 3.05) is 13.2 Å². The van der Waals surface area contributed by atoms with Gasteiger partial charge in [0.25, 0.3) is 5.91 Å². The minimum Gasteiger partial charge on any atom is -0.452 e. The zero-order valence-corrected chi connectivity index (χ0v) is 15.1. The lowest BCUT2D eigenvalue weighted by molar-refractivity contribution is -0.124. The first-order valence-electron chi connectivity index (χ1n) is 8.08. The van der Waals surface area contributed by atoms with Crippen LogP contribution in [0.1, 0.15) is 43.1 Å². The van der Waals surface area contributed by atoms with Gasteiger partial charge in [-0.2, -0.15) is 5.26 Å². The summed E-state index contributed by atoms with van der Waals surface area (Å²) in [5.74, 6) is -1.10. The van der Waals surface area contributed by atoms with Crippen LogP contribution >= 0.6 is 0 Å². The average Bonchev–Trinajstić information content (AvgIpc) is 2.57. The Balaban J connectivity index is 2.41. The average molecular weight is 361 g/mol. The van der Waals surface area contributed by atoms with Crippen molar-refractivity contribution in [2.45, 2.75) is 39.3 Å². The highest BCUT2D eigenvalue weighted by Gasteiger charge is 2.16. The molecule has 0 heterocycles. The van der Waals surface area contributed by atoms with Gasteiger partial charge >= 0.3 is 12.1 Å². The summed E-state index contributed by atoms with van der Waals surface area (Å²) >= 11 is 0. The van der Waals surface area contributed by atoms with Crippen molar-refractivity contribution in [3.8, 4) is 6.07 Å². The number of rotatable bonds is 7. The van der Waals surface area contributed by atoms with Crippen LogP contribution in [0.25, 0.3) is 0 Å². The summed E-state index contributed by atoms with van der Waals surface area (Å²) in [6.07, 6.45) is -0.332. The number of ether oxygens (including phenoxy) is 2. The number of carbonyl (C=O) groups is 3. The lowest BCUT2D eigenvalue weighted by atomic mass is 10.1. The van der Waals surface area contributed by atoms with Crippen molar-refractivity contribution >= 4 is 18.0 Å². The molecule has 0 radical (unpaired) electrons. The molecule has 1 rings (SSSR count). The Morgan fingerprint density at radius 1 is 1.12 bits per heavy atom. The van der Waals surface area contributed by atoms with Gasteiger partial charge in [0.1, 0.15) is 5.60 Å². The van der Waals surface area contributed by atoms with E-state index in [4.69, 9.17) is 14.7 Å². The molecule has 0 spiro atoms. The molecule has 26 heavy (non-hydrogen) atoms. The number of alkyl carbamates (subject to hydrolysis) is 1. The van der Waals surface area contributed by atoms with Gasteiger partial charge in [-0.05, 0) is 38.5 Å². The van der Waals surface area contributed by atoms with Crippen LogP contribution in [0.3, 0.4) is 0 Å². The fourth-order valence-electron chi connectivity index (χ4n) is 1.77. The van der Waals surface area contributed by atoms with Gasteiger partial charge in [0.2, 0.25) is 0 Å². The second-order valence-corrected chi connectivity index (χ2v) is 6.39. The van der Waals surface area contributed by atoms with E-state index < -0.39 is 30.2 Å².